The number of hydrogen-bond acceptors (Lipinski definition) is 3. The van der Waals surface area contributed by atoms with Crippen LogP contribution in [0, 0.1) is 0 Å². The van der Waals surface area contributed by atoms with Crippen molar-refractivity contribution in [2.24, 2.45) is 0 Å². The smallest absolute Gasteiger partial charge is 0.0617 e. The molecule has 0 saturated carbocycles. The maximum absolute atomic E-state index is 3.93. The molecule has 0 spiro atoms. The first kappa shape index (κ1) is 21.4. The van der Waals surface area contributed by atoms with Crippen molar-refractivity contribution in [1.82, 2.24) is 0 Å². The molecule has 0 radical (unpaired) electrons. The van der Waals surface area contributed by atoms with Crippen LogP contribution in [0.25, 0.3) is 19.2 Å². The quantitative estimate of drug-likeness (QED) is 0.285. The maximum atomic E-state index is 3.93. The van der Waals surface area contributed by atoms with Crippen molar-refractivity contribution in [3.63, 3.8) is 0 Å². The minimum absolute atomic E-state index is 0.704. The fraction of sp³-hybridized carbons (Fsp3) is 0.500. The number of rotatable bonds is 6. The van der Waals surface area contributed by atoms with Crippen LogP contribution in [0.2, 0.25) is 0 Å². The Labute approximate surface area is 188 Å². The zero-order chi connectivity index (χ0) is 19.2. The van der Waals surface area contributed by atoms with E-state index >= 15 is 0 Å². The predicted octanol–water partition coefficient (Wildman–Crippen LogP) is 10.00. The number of fused-ring (bicyclic) bond motifs is 1. The monoisotopic (exact) mass is 552 g/mol. The van der Waals surface area contributed by atoms with E-state index < -0.39 is 10.0 Å². The fourth-order valence-electron chi connectivity index (χ4n) is 4.03. The van der Waals surface area contributed by atoms with Crippen molar-refractivity contribution < 1.29 is 0 Å². The van der Waals surface area contributed by atoms with Crippen LogP contribution in [0.1, 0.15) is 48.0 Å². The summed E-state index contributed by atoms with van der Waals surface area (Å²) in [5.74, 6) is 0. The van der Waals surface area contributed by atoms with E-state index in [1.165, 1.54) is 34.5 Å². The Morgan fingerprint density at radius 3 is 2.12 bits per heavy atom. The van der Waals surface area contributed by atoms with Crippen molar-refractivity contribution in [1.29, 1.82) is 0 Å². The van der Waals surface area contributed by atoms with Crippen LogP contribution in [0.15, 0.2) is 30.7 Å². The number of hydrogen-bond donors (Lipinski definition) is 0. The lowest BCUT2D eigenvalue weighted by molar-refractivity contribution is 0.849. The minimum atomic E-state index is -0.863. The van der Waals surface area contributed by atoms with Gasteiger partial charge in [0.25, 0.3) is 0 Å². The molecule has 26 heavy (non-hydrogen) atoms. The van der Waals surface area contributed by atoms with Crippen molar-refractivity contribution >= 4 is 85.3 Å². The Balaban J connectivity index is 2.18. The van der Waals surface area contributed by atoms with Gasteiger partial charge < -0.3 is 0 Å². The molecular weight excluding hydrogens is 528 g/mol. The summed E-state index contributed by atoms with van der Waals surface area (Å²) in [7, 11) is -0.863. The van der Waals surface area contributed by atoms with Gasteiger partial charge in [-0.15, -0.1) is 34.0 Å². The molecule has 1 atom stereocenters. The predicted molar refractivity (Wildman–Crippen MR) is 134 cm³/mol. The summed E-state index contributed by atoms with van der Waals surface area (Å²) in [6.45, 7) is 14.6. The molecule has 6 heteroatoms. The van der Waals surface area contributed by atoms with E-state index in [0.717, 1.165) is 5.25 Å². The average Bonchev–Trinajstić information content (AvgIpc) is 3.24. The molecule has 0 nitrogen and oxygen atoms in total. The van der Waals surface area contributed by atoms with E-state index in [1.54, 1.807) is 15.5 Å². The Kier molecular flexibility index (Phi) is 6.74. The van der Waals surface area contributed by atoms with Crippen molar-refractivity contribution in [2.75, 3.05) is 0 Å². The van der Waals surface area contributed by atoms with E-state index in [0.29, 0.717) is 10.5 Å². The van der Waals surface area contributed by atoms with Gasteiger partial charge in [-0.05, 0) is 71.5 Å². The molecule has 0 bridgehead atoms. The third kappa shape index (κ3) is 3.30. The molecule has 0 aliphatic rings. The molecule has 0 fully saturated rings. The Bertz CT molecular complexity index is 892. The molecule has 0 N–H and O–H groups in total. The SMILES string of the molecule is CCC(C)S(c1cc2sc(-c3sccc3Br)c(Br)c2s1)(C(C)C)C(C)C. The lowest BCUT2D eigenvalue weighted by atomic mass is 10.4. The van der Waals surface area contributed by atoms with Gasteiger partial charge in [-0.1, -0.05) is 41.5 Å². The van der Waals surface area contributed by atoms with Crippen molar-refractivity contribution in [2.45, 2.75) is 67.9 Å². The minimum Gasteiger partial charge on any atom is -0.198 e. The van der Waals surface area contributed by atoms with Gasteiger partial charge in [0.15, 0.2) is 0 Å². The van der Waals surface area contributed by atoms with Crippen molar-refractivity contribution in [3.05, 3.63) is 26.5 Å². The summed E-state index contributed by atoms with van der Waals surface area (Å²) in [5, 5.41) is 4.31. The van der Waals surface area contributed by atoms with Crippen LogP contribution in [-0.2, 0) is 0 Å². The first-order valence-corrected chi connectivity index (χ1v) is 14.9. The third-order valence-corrected chi connectivity index (χ3v) is 17.5. The standard InChI is InChI=1S/C20H26Br2S4/c1-7-13(6)26(11(2)3,12(4)5)16-10-15-19(25-16)17(22)20(24-15)18-14(21)8-9-23-18/h8-13H,7H2,1-6H3. The molecule has 3 aromatic heterocycles. The molecule has 0 amide bonds. The van der Waals surface area contributed by atoms with Gasteiger partial charge in [-0.25, -0.2) is 0 Å². The highest BCUT2D eigenvalue weighted by atomic mass is 79.9. The highest BCUT2D eigenvalue weighted by Gasteiger charge is 2.39. The second-order valence-corrected chi connectivity index (χ2v) is 16.8. The molecule has 0 aromatic carbocycles. The van der Waals surface area contributed by atoms with E-state index in [4.69, 9.17) is 0 Å². The van der Waals surface area contributed by atoms with Gasteiger partial charge in [0.2, 0.25) is 0 Å². The van der Waals surface area contributed by atoms with Crippen molar-refractivity contribution in [3.8, 4) is 9.75 Å². The summed E-state index contributed by atoms with van der Waals surface area (Å²) in [6.07, 6.45) is 1.26. The summed E-state index contributed by atoms with van der Waals surface area (Å²) in [4.78, 5) is 2.69. The maximum Gasteiger partial charge on any atom is 0.0617 e. The van der Waals surface area contributed by atoms with Gasteiger partial charge in [-0.3, -0.25) is 0 Å². The molecule has 1 unspecified atom stereocenters. The first-order chi connectivity index (χ1) is 12.2. The third-order valence-electron chi connectivity index (χ3n) is 5.26. The molecule has 3 heterocycles. The molecule has 0 saturated heterocycles. The lowest BCUT2D eigenvalue weighted by Crippen LogP contribution is -2.29. The Morgan fingerprint density at radius 2 is 1.65 bits per heavy atom. The fourth-order valence-corrected chi connectivity index (χ4v) is 16.9. The lowest BCUT2D eigenvalue weighted by Gasteiger charge is -2.51. The Morgan fingerprint density at radius 1 is 1.00 bits per heavy atom. The van der Waals surface area contributed by atoms with Crippen LogP contribution < -0.4 is 0 Å². The summed E-state index contributed by atoms with van der Waals surface area (Å²) < 4.78 is 6.99. The summed E-state index contributed by atoms with van der Waals surface area (Å²) in [5.41, 5.74) is 0. The largest absolute Gasteiger partial charge is 0.198 e. The highest BCUT2D eigenvalue weighted by Crippen LogP contribution is 2.70. The molecule has 3 aromatic rings. The summed E-state index contributed by atoms with van der Waals surface area (Å²) in [6, 6.07) is 4.67. The van der Waals surface area contributed by atoms with Crippen LogP contribution in [0.3, 0.4) is 0 Å². The van der Waals surface area contributed by atoms with Gasteiger partial charge in [-0.2, -0.15) is 10.0 Å². The second-order valence-electron chi connectivity index (χ2n) is 7.18. The zero-order valence-electron chi connectivity index (χ0n) is 16.1. The first-order valence-electron chi connectivity index (χ1n) is 9.00. The molecule has 144 valence electrons. The second kappa shape index (κ2) is 8.19. The number of halogens is 2. The molecule has 0 aliphatic carbocycles. The van der Waals surface area contributed by atoms with Gasteiger partial charge >= 0.3 is 0 Å². The van der Waals surface area contributed by atoms with Gasteiger partial charge in [0, 0.05) is 13.4 Å². The van der Waals surface area contributed by atoms with E-state index in [1.807, 2.05) is 22.7 Å². The van der Waals surface area contributed by atoms with Crippen LogP contribution in [0.5, 0.6) is 0 Å². The van der Waals surface area contributed by atoms with Crippen LogP contribution >= 0.6 is 75.9 Å². The van der Waals surface area contributed by atoms with Crippen LogP contribution in [-0.4, -0.2) is 15.7 Å². The van der Waals surface area contributed by atoms with Gasteiger partial charge in [0.1, 0.15) is 0 Å². The Hall–Kier alpha value is 0.670. The average molecular weight is 555 g/mol. The number of thiophene rings is 3. The molecule has 3 rings (SSSR count). The summed E-state index contributed by atoms with van der Waals surface area (Å²) >= 11 is 13.4. The molecular formula is C20H26Br2S4. The normalized spacial score (nSPS) is 14.7. The topological polar surface area (TPSA) is 0 Å². The van der Waals surface area contributed by atoms with Crippen LogP contribution in [0.4, 0.5) is 0 Å². The highest BCUT2D eigenvalue weighted by molar-refractivity contribution is 9.11. The molecule has 0 aliphatic heterocycles. The van der Waals surface area contributed by atoms with E-state index in [9.17, 15) is 0 Å². The van der Waals surface area contributed by atoms with E-state index in [-0.39, 0.29) is 0 Å². The van der Waals surface area contributed by atoms with E-state index in [2.05, 4.69) is 90.9 Å². The zero-order valence-corrected chi connectivity index (χ0v) is 22.5. The van der Waals surface area contributed by atoms with Gasteiger partial charge in [0.05, 0.1) is 18.9 Å².